The van der Waals surface area contributed by atoms with Crippen LogP contribution in [0.15, 0.2) is 42.5 Å². The van der Waals surface area contributed by atoms with Crippen molar-refractivity contribution in [3.63, 3.8) is 0 Å². The summed E-state index contributed by atoms with van der Waals surface area (Å²) in [5.74, 6) is -0.796. The third kappa shape index (κ3) is 4.96. The van der Waals surface area contributed by atoms with Gasteiger partial charge in [0.25, 0.3) is 0 Å². The van der Waals surface area contributed by atoms with Crippen LogP contribution in [0.1, 0.15) is 62.6 Å². The molecule has 1 atom stereocenters. The fraction of sp³-hybridized carbons (Fsp3) is 0.385. The van der Waals surface area contributed by atoms with Gasteiger partial charge >= 0.3 is 5.97 Å². The van der Waals surface area contributed by atoms with Crippen molar-refractivity contribution in [1.29, 1.82) is 0 Å². The average molecular weight is 436 g/mol. The summed E-state index contributed by atoms with van der Waals surface area (Å²) in [7, 11) is 0. The number of benzene rings is 2. The van der Waals surface area contributed by atoms with Gasteiger partial charge < -0.3 is 4.74 Å². The van der Waals surface area contributed by atoms with Crippen molar-refractivity contribution >= 4 is 23.6 Å². The van der Waals surface area contributed by atoms with E-state index in [2.05, 4.69) is 6.07 Å². The number of Topliss-reactive ketones (excluding diaryl/α,β-unsaturated/α-hetero) is 1. The van der Waals surface area contributed by atoms with Crippen molar-refractivity contribution in [2.75, 3.05) is 13.2 Å². The van der Waals surface area contributed by atoms with Crippen molar-refractivity contribution < 1.29 is 23.9 Å². The molecule has 0 bridgehead atoms. The maximum absolute atomic E-state index is 12.5. The molecule has 1 aliphatic carbocycles. The highest BCUT2D eigenvalue weighted by atomic mass is 16.5. The Labute approximate surface area is 188 Å². The molecule has 1 unspecified atom stereocenters. The van der Waals surface area contributed by atoms with Gasteiger partial charge in [-0.1, -0.05) is 56.3 Å². The fourth-order valence-corrected chi connectivity index (χ4v) is 4.27. The zero-order chi connectivity index (χ0) is 23.3. The first-order chi connectivity index (χ1) is 15.4. The minimum absolute atomic E-state index is 0.0190. The first-order valence-corrected chi connectivity index (χ1v) is 11.1. The van der Waals surface area contributed by atoms with Crippen molar-refractivity contribution in [1.82, 2.24) is 4.90 Å². The Morgan fingerprint density at radius 1 is 0.969 bits per heavy atom. The average Bonchev–Trinajstić information content (AvgIpc) is 3.28. The molecule has 2 amide bonds. The van der Waals surface area contributed by atoms with E-state index in [1.54, 1.807) is 0 Å². The molecule has 0 radical (unpaired) electrons. The van der Waals surface area contributed by atoms with E-state index in [1.807, 2.05) is 50.2 Å². The van der Waals surface area contributed by atoms with Gasteiger partial charge in [0.05, 0.1) is 0 Å². The van der Waals surface area contributed by atoms with Crippen LogP contribution in [0, 0.1) is 0 Å². The molecule has 0 spiro atoms. The van der Waals surface area contributed by atoms with E-state index in [9.17, 15) is 19.2 Å². The largest absolute Gasteiger partial charge is 0.465 e. The number of fused-ring (bicyclic) bond motifs is 3. The Morgan fingerprint density at radius 3 is 2.31 bits per heavy atom. The first kappa shape index (κ1) is 23.4. The first-order valence-electron chi connectivity index (χ1n) is 11.1. The van der Waals surface area contributed by atoms with Crippen LogP contribution in [0.4, 0.5) is 0 Å². The standard InChI is InChI=1S/C24H23NO5.C2H6/c1-15(26)30-14-22-19-5-3-2-4-18(19)20-7-6-16(13-21(20)22)12-17(27)10-11-25-23(28)8-9-24(25)29;1-2/h2-7,13,22H,8-12,14H2,1H3;1-2H3. The predicted molar refractivity (Wildman–Crippen MR) is 121 cm³/mol. The quantitative estimate of drug-likeness (QED) is 0.484. The molecule has 1 saturated heterocycles. The molecule has 168 valence electrons. The number of rotatable bonds is 7. The van der Waals surface area contributed by atoms with E-state index >= 15 is 0 Å². The molecule has 0 N–H and O–H groups in total. The van der Waals surface area contributed by atoms with Gasteiger partial charge in [0.1, 0.15) is 12.4 Å². The molecule has 1 heterocycles. The highest BCUT2D eigenvalue weighted by Crippen LogP contribution is 2.45. The predicted octanol–water partition coefficient (Wildman–Crippen LogP) is 4.04. The number of hydrogen-bond donors (Lipinski definition) is 0. The van der Waals surface area contributed by atoms with Gasteiger partial charge in [0, 0.05) is 45.1 Å². The van der Waals surface area contributed by atoms with Gasteiger partial charge in [-0.2, -0.15) is 0 Å². The van der Waals surface area contributed by atoms with Crippen LogP contribution in [0.2, 0.25) is 0 Å². The number of amides is 2. The molecule has 2 aromatic carbocycles. The number of hydrogen-bond acceptors (Lipinski definition) is 5. The number of likely N-dealkylation sites (tertiary alicyclic amines) is 1. The van der Waals surface area contributed by atoms with Crippen molar-refractivity contribution in [3.05, 3.63) is 59.2 Å². The second-order valence-corrected chi connectivity index (χ2v) is 7.77. The van der Waals surface area contributed by atoms with E-state index in [1.165, 1.54) is 11.8 Å². The van der Waals surface area contributed by atoms with Gasteiger partial charge in [-0.05, 0) is 27.8 Å². The molecule has 1 aliphatic heterocycles. The van der Waals surface area contributed by atoms with Gasteiger partial charge in [0.15, 0.2) is 0 Å². The van der Waals surface area contributed by atoms with E-state index in [0.29, 0.717) is 0 Å². The lowest BCUT2D eigenvalue weighted by Crippen LogP contribution is -2.31. The summed E-state index contributed by atoms with van der Waals surface area (Å²) in [5.41, 5.74) is 5.25. The van der Waals surface area contributed by atoms with Gasteiger partial charge in [-0.3, -0.25) is 24.1 Å². The lowest BCUT2D eigenvalue weighted by molar-refractivity contribution is -0.141. The Morgan fingerprint density at radius 2 is 1.62 bits per heavy atom. The van der Waals surface area contributed by atoms with Crippen molar-refractivity contribution in [2.24, 2.45) is 0 Å². The highest BCUT2D eigenvalue weighted by molar-refractivity contribution is 6.02. The molecule has 32 heavy (non-hydrogen) atoms. The minimum Gasteiger partial charge on any atom is -0.465 e. The van der Waals surface area contributed by atoms with Crippen LogP contribution < -0.4 is 0 Å². The third-order valence-corrected chi connectivity index (χ3v) is 5.74. The SMILES string of the molecule is CC.CC(=O)OCC1c2ccccc2-c2ccc(CC(=O)CCN3C(=O)CCC3=O)cc21. The number of ketones is 1. The monoisotopic (exact) mass is 435 g/mol. The maximum atomic E-state index is 12.5. The van der Waals surface area contributed by atoms with E-state index in [4.69, 9.17) is 4.74 Å². The Balaban J connectivity index is 0.00000141. The van der Waals surface area contributed by atoms with Crippen LogP contribution in [-0.2, 0) is 30.3 Å². The summed E-state index contributed by atoms with van der Waals surface area (Å²) in [6.07, 6.45) is 0.871. The Kier molecular flexibility index (Phi) is 7.57. The summed E-state index contributed by atoms with van der Waals surface area (Å²) in [5, 5.41) is 0. The smallest absolute Gasteiger partial charge is 0.302 e. The molecule has 4 rings (SSSR count). The molecule has 0 saturated carbocycles. The zero-order valence-electron chi connectivity index (χ0n) is 18.8. The summed E-state index contributed by atoms with van der Waals surface area (Å²) in [6.45, 7) is 5.81. The molecule has 2 aliphatic rings. The van der Waals surface area contributed by atoms with E-state index in [0.717, 1.165) is 27.8 Å². The summed E-state index contributed by atoms with van der Waals surface area (Å²) in [4.78, 5) is 48.4. The lowest BCUT2D eigenvalue weighted by atomic mass is 9.95. The van der Waals surface area contributed by atoms with Gasteiger partial charge in [-0.15, -0.1) is 0 Å². The van der Waals surface area contributed by atoms with Crippen LogP contribution in [-0.4, -0.2) is 41.6 Å². The molecule has 1 fully saturated rings. The summed E-state index contributed by atoms with van der Waals surface area (Å²) in [6, 6.07) is 14.0. The van der Waals surface area contributed by atoms with Gasteiger partial charge in [0.2, 0.25) is 11.8 Å². The number of imide groups is 1. The van der Waals surface area contributed by atoms with Gasteiger partial charge in [-0.25, -0.2) is 0 Å². The Hall–Kier alpha value is -3.28. The fourth-order valence-electron chi connectivity index (χ4n) is 4.27. The molecular weight excluding hydrogens is 406 g/mol. The minimum atomic E-state index is -0.321. The molecule has 6 heteroatoms. The summed E-state index contributed by atoms with van der Waals surface area (Å²) < 4.78 is 5.30. The van der Waals surface area contributed by atoms with E-state index in [-0.39, 0.29) is 68.3 Å². The number of esters is 1. The third-order valence-electron chi connectivity index (χ3n) is 5.74. The molecule has 0 aromatic heterocycles. The Bertz CT molecular complexity index is 1030. The normalized spacial score (nSPS) is 16.2. The van der Waals surface area contributed by atoms with Crippen LogP contribution in [0.5, 0.6) is 0 Å². The lowest BCUT2D eigenvalue weighted by Gasteiger charge is -2.15. The zero-order valence-corrected chi connectivity index (χ0v) is 18.8. The number of nitrogens with zero attached hydrogens (tertiary/aromatic N) is 1. The molecule has 6 nitrogen and oxygen atoms in total. The highest BCUT2D eigenvalue weighted by Gasteiger charge is 2.30. The van der Waals surface area contributed by atoms with Crippen LogP contribution in [0.3, 0.4) is 0 Å². The summed E-state index contributed by atoms with van der Waals surface area (Å²) >= 11 is 0. The topological polar surface area (TPSA) is 80.8 Å². The number of carbonyl (C=O) groups excluding carboxylic acids is 4. The number of ether oxygens (including phenoxy) is 1. The van der Waals surface area contributed by atoms with E-state index < -0.39 is 0 Å². The second kappa shape index (κ2) is 10.4. The molecular formula is C26H29NO5. The van der Waals surface area contributed by atoms with Crippen molar-refractivity contribution in [3.8, 4) is 11.1 Å². The maximum Gasteiger partial charge on any atom is 0.302 e. The van der Waals surface area contributed by atoms with Crippen molar-refractivity contribution in [2.45, 2.75) is 52.4 Å². The number of carbonyl (C=O) groups is 4. The second-order valence-electron chi connectivity index (χ2n) is 7.77. The molecule has 2 aromatic rings. The van der Waals surface area contributed by atoms with Crippen LogP contribution >= 0.6 is 0 Å². The van der Waals surface area contributed by atoms with Crippen LogP contribution in [0.25, 0.3) is 11.1 Å².